The van der Waals surface area contributed by atoms with Crippen LogP contribution in [0, 0.1) is 35.1 Å². The van der Waals surface area contributed by atoms with E-state index in [0.29, 0.717) is 18.2 Å². The molecule has 4 rings (SSSR count). The molecule has 0 saturated carbocycles. The molecule has 0 heterocycles. The molecule has 0 spiro atoms. The lowest BCUT2D eigenvalue weighted by atomic mass is 9.98. The van der Waals surface area contributed by atoms with E-state index in [1.165, 1.54) is 24.1 Å². The van der Waals surface area contributed by atoms with Crippen molar-refractivity contribution in [1.82, 2.24) is 0 Å². The molecule has 0 saturated heterocycles. The second-order valence-electron chi connectivity index (χ2n) is 7.48. The quantitative estimate of drug-likeness (QED) is 0.199. The van der Waals surface area contributed by atoms with Crippen molar-refractivity contribution in [3.05, 3.63) is 101 Å². The summed E-state index contributed by atoms with van der Waals surface area (Å²) in [6, 6.07) is 11.0. The van der Waals surface area contributed by atoms with Gasteiger partial charge in [0.1, 0.15) is 29.0 Å². The number of rotatable bonds is 4. The molecule has 0 aromatic heterocycles. The zero-order valence-electron chi connectivity index (χ0n) is 17.7. The summed E-state index contributed by atoms with van der Waals surface area (Å²) < 4.78 is 128. The predicted octanol–water partition coefficient (Wildman–Crippen LogP) is 8.11. The number of ether oxygens (including phenoxy) is 1. The number of fused-ring (bicyclic) bond motifs is 1. The average Bonchev–Trinajstić information content (AvgIpc) is 2.78. The molecule has 4 aromatic carbocycles. The predicted molar refractivity (Wildman–Crippen MR) is 113 cm³/mol. The third-order valence-electron chi connectivity index (χ3n) is 5.02. The Morgan fingerprint density at radius 3 is 1.94 bits per heavy atom. The van der Waals surface area contributed by atoms with Crippen LogP contribution in [0.1, 0.15) is 11.1 Å². The van der Waals surface area contributed by atoms with Crippen molar-refractivity contribution in [3.8, 4) is 28.7 Å². The second kappa shape index (κ2) is 9.15. The van der Waals surface area contributed by atoms with Gasteiger partial charge in [0.2, 0.25) is 0 Å². The van der Waals surface area contributed by atoms with Crippen molar-refractivity contribution in [2.24, 2.45) is 0 Å². The summed E-state index contributed by atoms with van der Waals surface area (Å²) in [4.78, 5) is 0. The first-order valence-electron chi connectivity index (χ1n) is 9.99. The van der Waals surface area contributed by atoms with Crippen molar-refractivity contribution >= 4 is 10.8 Å². The van der Waals surface area contributed by atoms with Crippen LogP contribution in [-0.2, 0) is 6.11 Å². The summed E-state index contributed by atoms with van der Waals surface area (Å²) in [7, 11) is 0. The molecule has 4 aromatic rings. The van der Waals surface area contributed by atoms with Crippen LogP contribution in [-0.4, -0.2) is 6.18 Å². The third kappa shape index (κ3) is 5.10. The van der Waals surface area contributed by atoms with Gasteiger partial charge in [-0.2, -0.15) is 22.0 Å². The SMILES string of the molecule is Fc1cc2cc(-c3c(F)cc(OC(F)(F)c4ccccc4)cc3F)ccc2c(F)c1C#CC(F)(F)F. The van der Waals surface area contributed by atoms with Crippen molar-refractivity contribution in [2.45, 2.75) is 12.3 Å². The first kappa shape index (κ1) is 25.0. The van der Waals surface area contributed by atoms with E-state index in [1.807, 2.05) is 0 Å². The van der Waals surface area contributed by atoms with Gasteiger partial charge < -0.3 is 4.74 Å². The van der Waals surface area contributed by atoms with Gasteiger partial charge in [-0.1, -0.05) is 36.3 Å². The van der Waals surface area contributed by atoms with E-state index in [4.69, 9.17) is 0 Å². The van der Waals surface area contributed by atoms with Crippen LogP contribution in [0.5, 0.6) is 5.75 Å². The molecule has 0 radical (unpaired) electrons. The van der Waals surface area contributed by atoms with Crippen molar-refractivity contribution < 1.29 is 44.3 Å². The highest BCUT2D eigenvalue weighted by Crippen LogP contribution is 2.36. The van der Waals surface area contributed by atoms with Crippen LogP contribution < -0.4 is 4.74 Å². The summed E-state index contributed by atoms with van der Waals surface area (Å²) in [6.45, 7) is 0. The van der Waals surface area contributed by atoms with Crippen molar-refractivity contribution in [1.29, 1.82) is 0 Å². The lowest BCUT2D eigenvalue weighted by Gasteiger charge is -2.19. The maximum atomic E-state index is 14.8. The Kier molecular flexibility index (Phi) is 6.35. The molecule has 0 amide bonds. The Hall–Kier alpha value is -4.13. The van der Waals surface area contributed by atoms with Crippen molar-refractivity contribution in [3.63, 3.8) is 0 Å². The fourth-order valence-electron chi connectivity index (χ4n) is 3.46. The molecule has 10 heteroatoms. The average molecular weight is 510 g/mol. The molecule has 0 fully saturated rings. The van der Waals surface area contributed by atoms with Gasteiger partial charge >= 0.3 is 12.3 Å². The van der Waals surface area contributed by atoms with E-state index in [1.54, 1.807) is 0 Å². The second-order valence-corrected chi connectivity index (χ2v) is 7.48. The lowest BCUT2D eigenvalue weighted by Crippen LogP contribution is -2.21. The minimum absolute atomic E-state index is 0.216. The largest absolute Gasteiger partial charge is 0.458 e. The fourth-order valence-corrected chi connectivity index (χ4v) is 3.46. The molecular weight excluding hydrogens is 499 g/mol. The third-order valence-corrected chi connectivity index (χ3v) is 5.02. The van der Waals surface area contributed by atoms with Gasteiger partial charge in [-0.15, -0.1) is 0 Å². The topological polar surface area (TPSA) is 9.23 Å². The van der Waals surface area contributed by atoms with Crippen LogP contribution in [0.15, 0.2) is 66.7 Å². The Labute approximate surface area is 197 Å². The monoisotopic (exact) mass is 510 g/mol. The molecule has 0 aliphatic heterocycles. The molecule has 0 aliphatic rings. The number of hydrogen-bond donors (Lipinski definition) is 0. The van der Waals surface area contributed by atoms with E-state index < -0.39 is 58.0 Å². The Balaban J connectivity index is 1.72. The zero-order valence-corrected chi connectivity index (χ0v) is 17.7. The maximum Gasteiger partial charge on any atom is 0.458 e. The number of benzene rings is 4. The van der Waals surface area contributed by atoms with E-state index in [2.05, 4.69) is 4.74 Å². The van der Waals surface area contributed by atoms with Gasteiger partial charge in [-0.25, -0.2) is 17.6 Å². The van der Waals surface area contributed by atoms with Gasteiger partial charge in [0.05, 0.1) is 16.7 Å². The molecule has 184 valence electrons. The molecular formula is C26H11F9O. The molecule has 0 aliphatic carbocycles. The normalized spacial score (nSPS) is 11.8. The maximum absolute atomic E-state index is 14.8. The summed E-state index contributed by atoms with van der Waals surface area (Å²) >= 11 is 0. The van der Waals surface area contributed by atoms with Gasteiger partial charge in [0, 0.05) is 23.4 Å². The minimum Gasteiger partial charge on any atom is -0.429 e. The van der Waals surface area contributed by atoms with Crippen LogP contribution in [0.4, 0.5) is 39.5 Å². The zero-order chi connectivity index (χ0) is 26.3. The number of hydrogen-bond acceptors (Lipinski definition) is 1. The van der Waals surface area contributed by atoms with E-state index >= 15 is 0 Å². The highest BCUT2D eigenvalue weighted by atomic mass is 19.4. The number of alkyl halides is 5. The standard InChI is InChI=1S/C26H11F9O/c27-20-11-15-10-14(6-7-18(15)24(30)19(20)8-9-25(31,32)33)23-21(28)12-17(13-22(23)29)36-26(34,35)16-4-2-1-3-5-16/h1-7,10-13H. The van der Waals surface area contributed by atoms with Crippen molar-refractivity contribution in [2.75, 3.05) is 0 Å². The van der Waals surface area contributed by atoms with Crippen LogP contribution >= 0.6 is 0 Å². The van der Waals surface area contributed by atoms with Gasteiger partial charge in [0.25, 0.3) is 0 Å². The highest BCUT2D eigenvalue weighted by molar-refractivity contribution is 5.89. The summed E-state index contributed by atoms with van der Waals surface area (Å²) in [5.41, 5.74) is -2.58. The molecule has 1 nitrogen and oxygen atoms in total. The fraction of sp³-hybridized carbons (Fsp3) is 0.0769. The molecule has 0 unspecified atom stereocenters. The Bertz CT molecular complexity index is 1490. The Morgan fingerprint density at radius 2 is 1.33 bits per heavy atom. The van der Waals surface area contributed by atoms with Crippen LogP contribution in [0.25, 0.3) is 21.9 Å². The van der Waals surface area contributed by atoms with E-state index in [-0.39, 0.29) is 16.3 Å². The summed E-state index contributed by atoms with van der Waals surface area (Å²) in [5, 5.41) is -0.579. The smallest absolute Gasteiger partial charge is 0.429 e. The lowest BCUT2D eigenvalue weighted by molar-refractivity contribution is -0.185. The van der Waals surface area contributed by atoms with Crippen LogP contribution in [0.2, 0.25) is 0 Å². The Morgan fingerprint density at radius 1 is 0.694 bits per heavy atom. The molecule has 0 atom stereocenters. The summed E-state index contributed by atoms with van der Waals surface area (Å²) in [6.07, 6.45) is -8.87. The molecule has 0 bridgehead atoms. The highest BCUT2D eigenvalue weighted by Gasteiger charge is 2.35. The van der Waals surface area contributed by atoms with E-state index in [9.17, 15) is 39.5 Å². The van der Waals surface area contributed by atoms with Crippen LogP contribution in [0.3, 0.4) is 0 Å². The first-order chi connectivity index (χ1) is 16.9. The van der Waals surface area contributed by atoms with Gasteiger partial charge in [-0.3, -0.25) is 0 Å². The number of halogens is 9. The first-order valence-corrected chi connectivity index (χ1v) is 9.99. The van der Waals surface area contributed by atoms with Gasteiger partial charge in [-0.05, 0) is 35.2 Å². The summed E-state index contributed by atoms with van der Waals surface area (Å²) in [5.74, 6) is -4.05. The van der Waals surface area contributed by atoms with E-state index in [0.717, 1.165) is 36.3 Å². The van der Waals surface area contributed by atoms with Gasteiger partial charge in [0.15, 0.2) is 0 Å². The molecule has 0 N–H and O–H groups in total. The minimum atomic E-state index is -4.98. The molecule has 36 heavy (non-hydrogen) atoms.